The zero-order valence-corrected chi connectivity index (χ0v) is 9.35. The van der Waals surface area contributed by atoms with E-state index in [-0.39, 0.29) is 0 Å². The molecule has 0 fully saturated rings. The van der Waals surface area contributed by atoms with Gasteiger partial charge in [0.25, 0.3) is 0 Å². The van der Waals surface area contributed by atoms with Gasteiger partial charge >= 0.3 is 0 Å². The van der Waals surface area contributed by atoms with Gasteiger partial charge in [-0.05, 0) is 19.8 Å². The first-order chi connectivity index (χ1) is 6.41. The maximum Gasteiger partial charge on any atom is 0.0468 e. The minimum absolute atomic E-state index is 0.852. The third-order valence-corrected chi connectivity index (χ3v) is 2.18. The molecule has 0 spiro atoms. The van der Waals surface area contributed by atoms with E-state index < -0.39 is 0 Å². The van der Waals surface area contributed by atoms with Gasteiger partial charge < -0.3 is 4.74 Å². The van der Waals surface area contributed by atoms with Crippen molar-refractivity contribution in [3.05, 3.63) is 6.42 Å². The maximum atomic E-state index is 5.25. The second kappa shape index (κ2) is 12.0. The van der Waals surface area contributed by atoms with Crippen molar-refractivity contribution in [1.29, 1.82) is 0 Å². The Morgan fingerprint density at radius 3 is 2.38 bits per heavy atom. The molecule has 0 heterocycles. The van der Waals surface area contributed by atoms with Gasteiger partial charge in [-0.1, -0.05) is 45.4 Å². The summed E-state index contributed by atoms with van der Waals surface area (Å²) in [6.45, 7) is 6.06. The molecule has 0 N–H and O–H groups in total. The van der Waals surface area contributed by atoms with Crippen LogP contribution in [0.4, 0.5) is 0 Å². The molecule has 13 heavy (non-hydrogen) atoms. The molecule has 0 aromatic carbocycles. The van der Waals surface area contributed by atoms with Crippen LogP contribution in [0.25, 0.3) is 0 Å². The molecular weight excluding hydrogens is 160 g/mol. The van der Waals surface area contributed by atoms with Crippen LogP contribution in [0, 0.1) is 6.42 Å². The second-order valence-corrected chi connectivity index (χ2v) is 3.48. The normalized spacial score (nSPS) is 10.6. The first kappa shape index (κ1) is 13.0. The molecule has 0 aromatic heterocycles. The molecule has 0 saturated heterocycles. The smallest absolute Gasteiger partial charge is 0.0468 e. The predicted molar refractivity (Wildman–Crippen MR) is 58.8 cm³/mol. The molecule has 0 atom stereocenters. The van der Waals surface area contributed by atoms with Crippen LogP contribution in [0.5, 0.6) is 0 Å². The lowest BCUT2D eigenvalue weighted by Crippen LogP contribution is -1.93. The van der Waals surface area contributed by atoms with Crippen molar-refractivity contribution in [2.75, 3.05) is 13.2 Å². The second-order valence-electron chi connectivity index (χ2n) is 3.48. The summed E-state index contributed by atoms with van der Waals surface area (Å²) in [5.74, 6) is 0. The van der Waals surface area contributed by atoms with Gasteiger partial charge in [0.1, 0.15) is 0 Å². The van der Waals surface area contributed by atoms with Gasteiger partial charge in [0, 0.05) is 13.2 Å². The molecule has 0 saturated carbocycles. The fourth-order valence-electron chi connectivity index (χ4n) is 1.35. The van der Waals surface area contributed by atoms with E-state index in [4.69, 9.17) is 4.74 Å². The van der Waals surface area contributed by atoms with E-state index in [1.165, 1.54) is 38.5 Å². The van der Waals surface area contributed by atoms with Crippen molar-refractivity contribution in [2.45, 2.75) is 58.8 Å². The average Bonchev–Trinajstić information content (AvgIpc) is 2.16. The number of hydrogen-bond donors (Lipinski definition) is 0. The lowest BCUT2D eigenvalue weighted by atomic mass is 10.1. The standard InChI is InChI=1S/C12H25O/c1-3-5-6-7-8-9-10-11-12-13-4-2/h10H,3-9,11-12H2,1-2H3. The third kappa shape index (κ3) is 12.0. The van der Waals surface area contributed by atoms with E-state index >= 15 is 0 Å². The van der Waals surface area contributed by atoms with Crippen molar-refractivity contribution in [3.8, 4) is 0 Å². The van der Waals surface area contributed by atoms with Crippen LogP contribution < -0.4 is 0 Å². The van der Waals surface area contributed by atoms with Crippen LogP contribution in [0.1, 0.15) is 58.8 Å². The Morgan fingerprint density at radius 2 is 1.69 bits per heavy atom. The Labute approximate surface area is 83.9 Å². The SMILES string of the molecule is CCCCCCC[CH]CCOCC. The summed E-state index contributed by atoms with van der Waals surface area (Å²) < 4.78 is 5.25. The van der Waals surface area contributed by atoms with Gasteiger partial charge in [0.2, 0.25) is 0 Å². The van der Waals surface area contributed by atoms with Gasteiger partial charge in [0.15, 0.2) is 0 Å². The molecule has 0 aliphatic heterocycles. The molecule has 79 valence electrons. The van der Waals surface area contributed by atoms with Gasteiger partial charge in [-0.25, -0.2) is 0 Å². The highest BCUT2D eigenvalue weighted by atomic mass is 16.5. The Kier molecular flexibility index (Phi) is 11.9. The summed E-state index contributed by atoms with van der Waals surface area (Å²) in [6, 6.07) is 0. The molecule has 1 nitrogen and oxygen atoms in total. The largest absolute Gasteiger partial charge is 0.382 e. The quantitative estimate of drug-likeness (QED) is 0.468. The van der Waals surface area contributed by atoms with Crippen LogP contribution in [-0.4, -0.2) is 13.2 Å². The number of unbranched alkanes of at least 4 members (excludes halogenated alkanes) is 7. The summed E-state index contributed by atoms with van der Waals surface area (Å²) in [7, 11) is 0. The first-order valence-corrected chi connectivity index (χ1v) is 5.81. The van der Waals surface area contributed by atoms with E-state index in [1.54, 1.807) is 0 Å². The molecule has 0 rings (SSSR count). The van der Waals surface area contributed by atoms with E-state index in [0.29, 0.717) is 0 Å². The Hall–Kier alpha value is -0.0400. The third-order valence-electron chi connectivity index (χ3n) is 2.18. The lowest BCUT2D eigenvalue weighted by Gasteiger charge is -2.01. The van der Waals surface area contributed by atoms with Gasteiger partial charge in [0.05, 0.1) is 0 Å². The van der Waals surface area contributed by atoms with Crippen LogP contribution in [-0.2, 0) is 4.74 Å². The summed E-state index contributed by atoms with van der Waals surface area (Å²) in [5.41, 5.74) is 0. The zero-order chi connectivity index (χ0) is 9.78. The Morgan fingerprint density at radius 1 is 0.923 bits per heavy atom. The van der Waals surface area contributed by atoms with Gasteiger partial charge in [-0.3, -0.25) is 0 Å². The van der Waals surface area contributed by atoms with Crippen molar-refractivity contribution in [3.63, 3.8) is 0 Å². The van der Waals surface area contributed by atoms with E-state index in [2.05, 4.69) is 13.3 Å². The summed E-state index contributed by atoms with van der Waals surface area (Å²) in [5, 5.41) is 0. The van der Waals surface area contributed by atoms with E-state index in [0.717, 1.165) is 19.6 Å². The molecule has 0 aromatic rings. The van der Waals surface area contributed by atoms with Crippen molar-refractivity contribution in [2.24, 2.45) is 0 Å². The average molecular weight is 185 g/mol. The fraction of sp³-hybridized carbons (Fsp3) is 0.917. The fourth-order valence-corrected chi connectivity index (χ4v) is 1.35. The topological polar surface area (TPSA) is 9.23 Å². The zero-order valence-electron chi connectivity index (χ0n) is 9.35. The molecular formula is C12H25O. The van der Waals surface area contributed by atoms with Crippen LogP contribution in [0.15, 0.2) is 0 Å². The molecule has 1 radical (unpaired) electrons. The lowest BCUT2D eigenvalue weighted by molar-refractivity contribution is 0.149. The van der Waals surface area contributed by atoms with E-state index in [1.807, 2.05) is 6.92 Å². The number of rotatable bonds is 10. The first-order valence-electron chi connectivity index (χ1n) is 5.81. The highest BCUT2D eigenvalue weighted by Gasteiger charge is 1.91. The molecule has 0 aliphatic rings. The molecule has 1 heteroatoms. The molecule has 0 aliphatic carbocycles. The predicted octanol–water partition coefficient (Wildman–Crippen LogP) is 3.98. The van der Waals surface area contributed by atoms with Crippen LogP contribution in [0.2, 0.25) is 0 Å². The highest BCUT2D eigenvalue weighted by Crippen LogP contribution is 2.07. The minimum atomic E-state index is 0.852. The van der Waals surface area contributed by atoms with Gasteiger partial charge in [-0.2, -0.15) is 0 Å². The number of ether oxygens (including phenoxy) is 1. The van der Waals surface area contributed by atoms with Crippen LogP contribution >= 0.6 is 0 Å². The van der Waals surface area contributed by atoms with E-state index in [9.17, 15) is 0 Å². The summed E-state index contributed by atoms with van der Waals surface area (Å²) in [6.07, 6.45) is 11.7. The molecule has 0 unspecified atom stereocenters. The maximum absolute atomic E-state index is 5.25. The minimum Gasteiger partial charge on any atom is -0.382 e. The Bertz CT molecular complexity index is 71.2. The molecule has 0 amide bonds. The summed E-state index contributed by atoms with van der Waals surface area (Å²) in [4.78, 5) is 0. The highest BCUT2D eigenvalue weighted by molar-refractivity contribution is 4.63. The molecule has 0 bridgehead atoms. The van der Waals surface area contributed by atoms with Crippen molar-refractivity contribution < 1.29 is 4.74 Å². The summed E-state index contributed by atoms with van der Waals surface area (Å²) >= 11 is 0. The Balaban J connectivity index is 2.76. The van der Waals surface area contributed by atoms with Crippen LogP contribution in [0.3, 0.4) is 0 Å². The van der Waals surface area contributed by atoms with Gasteiger partial charge in [-0.15, -0.1) is 0 Å². The van der Waals surface area contributed by atoms with Crippen molar-refractivity contribution in [1.82, 2.24) is 0 Å². The number of hydrogen-bond acceptors (Lipinski definition) is 1. The van der Waals surface area contributed by atoms with Crippen molar-refractivity contribution >= 4 is 0 Å². The monoisotopic (exact) mass is 185 g/mol.